The zero-order chi connectivity index (χ0) is 15.8. The SMILES string of the molecule is O=C(C1CCCc2ccccc21)N1CCOc2cc(F)ccc21. The molecule has 2 aromatic rings. The summed E-state index contributed by atoms with van der Waals surface area (Å²) in [6.45, 7) is 0.909. The Morgan fingerprint density at radius 2 is 2.09 bits per heavy atom. The van der Waals surface area contributed by atoms with E-state index in [2.05, 4.69) is 12.1 Å². The number of amides is 1. The van der Waals surface area contributed by atoms with Crippen molar-refractivity contribution in [3.8, 4) is 5.75 Å². The molecule has 118 valence electrons. The van der Waals surface area contributed by atoms with E-state index in [0.29, 0.717) is 24.6 Å². The van der Waals surface area contributed by atoms with E-state index in [1.807, 2.05) is 12.1 Å². The summed E-state index contributed by atoms with van der Waals surface area (Å²) in [4.78, 5) is 14.9. The third kappa shape index (κ3) is 2.48. The lowest BCUT2D eigenvalue weighted by atomic mass is 9.82. The van der Waals surface area contributed by atoms with Crippen LogP contribution in [0.5, 0.6) is 5.75 Å². The number of fused-ring (bicyclic) bond motifs is 2. The van der Waals surface area contributed by atoms with Gasteiger partial charge in [0.15, 0.2) is 0 Å². The molecule has 4 heteroatoms. The molecule has 1 atom stereocenters. The zero-order valence-corrected chi connectivity index (χ0v) is 12.8. The highest BCUT2D eigenvalue weighted by Crippen LogP contribution is 2.38. The Morgan fingerprint density at radius 3 is 3.00 bits per heavy atom. The minimum Gasteiger partial charge on any atom is -0.489 e. The fourth-order valence-corrected chi connectivity index (χ4v) is 3.62. The number of hydrogen-bond acceptors (Lipinski definition) is 2. The summed E-state index contributed by atoms with van der Waals surface area (Å²) in [5.41, 5.74) is 3.08. The summed E-state index contributed by atoms with van der Waals surface area (Å²) in [6.07, 6.45) is 2.92. The normalized spacial score (nSPS) is 19.5. The van der Waals surface area contributed by atoms with Crippen LogP contribution in [0.3, 0.4) is 0 Å². The minimum absolute atomic E-state index is 0.0910. The van der Waals surface area contributed by atoms with Crippen LogP contribution in [0.25, 0.3) is 0 Å². The van der Waals surface area contributed by atoms with Gasteiger partial charge in [-0.25, -0.2) is 4.39 Å². The number of aryl methyl sites for hydroxylation is 1. The molecule has 1 amide bonds. The maximum absolute atomic E-state index is 13.4. The van der Waals surface area contributed by atoms with Gasteiger partial charge in [0.25, 0.3) is 0 Å². The van der Waals surface area contributed by atoms with Crippen LogP contribution in [-0.4, -0.2) is 19.1 Å². The molecule has 3 nitrogen and oxygen atoms in total. The van der Waals surface area contributed by atoms with E-state index in [0.717, 1.165) is 24.8 Å². The number of carbonyl (C=O) groups is 1. The van der Waals surface area contributed by atoms with Gasteiger partial charge in [-0.05, 0) is 42.5 Å². The number of nitrogens with zero attached hydrogens (tertiary/aromatic N) is 1. The molecule has 1 aliphatic carbocycles. The van der Waals surface area contributed by atoms with E-state index < -0.39 is 0 Å². The molecule has 0 spiro atoms. The average Bonchev–Trinajstić information content (AvgIpc) is 2.60. The first kappa shape index (κ1) is 14.2. The standard InChI is InChI=1S/C19H18FNO2/c20-14-8-9-17-18(12-14)23-11-10-21(17)19(22)16-7-3-5-13-4-1-2-6-15(13)16/h1-2,4,6,8-9,12,16H,3,5,7,10-11H2. The maximum atomic E-state index is 13.4. The number of hydrogen-bond donors (Lipinski definition) is 0. The highest BCUT2D eigenvalue weighted by molar-refractivity contribution is 6.00. The first-order valence-electron chi connectivity index (χ1n) is 8.05. The lowest BCUT2D eigenvalue weighted by Crippen LogP contribution is -2.41. The molecule has 0 bridgehead atoms. The van der Waals surface area contributed by atoms with Gasteiger partial charge in [-0.15, -0.1) is 0 Å². The number of ether oxygens (including phenoxy) is 1. The van der Waals surface area contributed by atoms with Gasteiger partial charge in [0.2, 0.25) is 5.91 Å². The Balaban J connectivity index is 1.69. The Kier molecular flexibility index (Phi) is 3.52. The summed E-state index contributed by atoms with van der Waals surface area (Å²) < 4.78 is 18.9. The summed E-state index contributed by atoms with van der Waals surface area (Å²) in [5.74, 6) is 0.0824. The molecular weight excluding hydrogens is 293 g/mol. The second-order valence-corrected chi connectivity index (χ2v) is 6.09. The van der Waals surface area contributed by atoms with E-state index in [1.54, 1.807) is 11.0 Å². The Morgan fingerprint density at radius 1 is 1.22 bits per heavy atom. The van der Waals surface area contributed by atoms with Crippen LogP contribution in [-0.2, 0) is 11.2 Å². The fourth-order valence-electron chi connectivity index (χ4n) is 3.62. The number of rotatable bonds is 1. The highest BCUT2D eigenvalue weighted by Gasteiger charge is 2.33. The molecule has 23 heavy (non-hydrogen) atoms. The van der Waals surface area contributed by atoms with Crippen LogP contribution in [0.1, 0.15) is 29.9 Å². The molecule has 0 aromatic heterocycles. The molecule has 2 aromatic carbocycles. The van der Waals surface area contributed by atoms with Crippen molar-refractivity contribution >= 4 is 11.6 Å². The smallest absolute Gasteiger partial charge is 0.234 e. The molecule has 2 aliphatic rings. The molecule has 1 unspecified atom stereocenters. The topological polar surface area (TPSA) is 29.5 Å². The average molecular weight is 311 g/mol. The first-order valence-corrected chi connectivity index (χ1v) is 8.05. The largest absolute Gasteiger partial charge is 0.489 e. The number of benzene rings is 2. The summed E-state index contributed by atoms with van der Waals surface area (Å²) >= 11 is 0. The quantitative estimate of drug-likeness (QED) is 0.804. The van der Waals surface area contributed by atoms with Crippen molar-refractivity contribution < 1.29 is 13.9 Å². The fraction of sp³-hybridized carbons (Fsp3) is 0.316. The third-order valence-corrected chi connectivity index (χ3v) is 4.72. The summed E-state index contributed by atoms with van der Waals surface area (Å²) in [5, 5.41) is 0. The monoisotopic (exact) mass is 311 g/mol. The lowest BCUT2D eigenvalue weighted by Gasteiger charge is -2.34. The van der Waals surface area contributed by atoms with E-state index in [-0.39, 0.29) is 17.6 Å². The Labute approximate surface area is 134 Å². The van der Waals surface area contributed by atoms with Crippen LogP contribution in [0.15, 0.2) is 42.5 Å². The summed E-state index contributed by atoms with van der Waals surface area (Å²) in [7, 11) is 0. The van der Waals surface area contributed by atoms with Crippen molar-refractivity contribution in [1.29, 1.82) is 0 Å². The predicted octanol–water partition coefficient (Wildman–Crippen LogP) is 3.67. The van der Waals surface area contributed by atoms with Crippen molar-refractivity contribution in [2.75, 3.05) is 18.1 Å². The molecule has 0 saturated heterocycles. The molecule has 0 fully saturated rings. The van der Waals surface area contributed by atoms with Crippen LogP contribution in [0.2, 0.25) is 0 Å². The van der Waals surface area contributed by atoms with Gasteiger partial charge in [-0.3, -0.25) is 4.79 Å². The van der Waals surface area contributed by atoms with Crippen molar-refractivity contribution in [3.63, 3.8) is 0 Å². The number of halogens is 1. The molecule has 1 heterocycles. The van der Waals surface area contributed by atoms with Crippen molar-refractivity contribution in [2.24, 2.45) is 0 Å². The molecule has 4 rings (SSSR count). The molecule has 1 aliphatic heterocycles. The van der Waals surface area contributed by atoms with Gasteiger partial charge in [0, 0.05) is 6.07 Å². The van der Waals surface area contributed by atoms with Gasteiger partial charge in [0.1, 0.15) is 18.2 Å². The van der Waals surface area contributed by atoms with Crippen molar-refractivity contribution in [2.45, 2.75) is 25.2 Å². The van der Waals surface area contributed by atoms with Gasteiger partial charge < -0.3 is 9.64 Å². The minimum atomic E-state index is -0.346. The van der Waals surface area contributed by atoms with Crippen LogP contribution < -0.4 is 9.64 Å². The van der Waals surface area contributed by atoms with Crippen LogP contribution in [0.4, 0.5) is 10.1 Å². The number of anilines is 1. The number of carbonyl (C=O) groups excluding carboxylic acids is 1. The Bertz CT molecular complexity index is 759. The van der Waals surface area contributed by atoms with E-state index >= 15 is 0 Å². The maximum Gasteiger partial charge on any atom is 0.234 e. The van der Waals surface area contributed by atoms with Crippen LogP contribution >= 0.6 is 0 Å². The van der Waals surface area contributed by atoms with Gasteiger partial charge in [-0.2, -0.15) is 0 Å². The van der Waals surface area contributed by atoms with Gasteiger partial charge in [0.05, 0.1) is 18.2 Å². The predicted molar refractivity (Wildman–Crippen MR) is 86.4 cm³/mol. The molecule has 0 saturated carbocycles. The first-order chi connectivity index (χ1) is 11.2. The molecule has 0 radical (unpaired) electrons. The third-order valence-electron chi connectivity index (χ3n) is 4.72. The van der Waals surface area contributed by atoms with Crippen molar-refractivity contribution in [1.82, 2.24) is 0 Å². The van der Waals surface area contributed by atoms with E-state index in [9.17, 15) is 9.18 Å². The lowest BCUT2D eigenvalue weighted by molar-refractivity contribution is -0.120. The van der Waals surface area contributed by atoms with Gasteiger partial charge in [-0.1, -0.05) is 24.3 Å². The zero-order valence-electron chi connectivity index (χ0n) is 12.8. The van der Waals surface area contributed by atoms with Gasteiger partial charge >= 0.3 is 0 Å². The highest BCUT2D eigenvalue weighted by atomic mass is 19.1. The second-order valence-electron chi connectivity index (χ2n) is 6.09. The van der Waals surface area contributed by atoms with E-state index in [4.69, 9.17) is 4.74 Å². The molecular formula is C19H18FNO2. The van der Waals surface area contributed by atoms with E-state index in [1.165, 1.54) is 17.7 Å². The van der Waals surface area contributed by atoms with Crippen LogP contribution in [0, 0.1) is 5.82 Å². The molecule has 0 N–H and O–H groups in total. The van der Waals surface area contributed by atoms with Crippen molar-refractivity contribution in [3.05, 3.63) is 59.4 Å². The summed E-state index contributed by atoms with van der Waals surface area (Å²) in [6, 6.07) is 12.6. The Hall–Kier alpha value is -2.36. The second kappa shape index (κ2) is 5.69.